The summed E-state index contributed by atoms with van der Waals surface area (Å²) < 4.78 is 0. The van der Waals surface area contributed by atoms with Crippen LogP contribution in [0.15, 0.2) is 127 Å². The fourth-order valence-electron chi connectivity index (χ4n) is 9.81. The summed E-state index contributed by atoms with van der Waals surface area (Å²) in [4.78, 5) is 5.22. The van der Waals surface area contributed by atoms with Crippen molar-refractivity contribution in [3.05, 3.63) is 177 Å². The zero-order chi connectivity index (χ0) is 39.4. The molecular weight excluding hydrogens is 677 g/mol. The van der Waals surface area contributed by atoms with Crippen molar-refractivity contribution in [1.82, 2.24) is 0 Å². The second kappa shape index (κ2) is 14.5. The van der Waals surface area contributed by atoms with Crippen molar-refractivity contribution >= 4 is 22.7 Å². The van der Waals surface area contributed by atoms with E-state index in [9.17, 15) is 0 Å². The van der Waals surface area contributed by atoms with Crippen molar-refractivity contribution in [2.45, 2.75) is 117 Å². The quantitative estimate of drug-likeness (QED) is 0.116. The van der Waals surface area contributed by atoms with E-state index in [1.807, 2.05) is 0 Å². The minimum atomic E-state index is -0.271. The minimum Gasteiger partial charge on any atom is -0.331 e. The van der Waals surface area contributed by atoms with Crippen LogP contribution in [0.2, 0.25) is 0 Å². The molecule has 0 saturated carbocycles. The summed E-state index contributed by atoms with van der Waals surface area (Å²) in [5, 5.41) is 0. The highest BCUT2D eigenvalue weighted by Crippen LogP contribution is 2.63. The summed E-state index contributed by atoms with van der Waals surface area (Å²) in [5.41, 5.74) is 19.8. The Morgan fingerprint density at radius 3 is 1.27 bits per heavy atom. The molecule has 0 heterocycles. The van der Waals surface area contributed by atoms with E-state index in [1.54, 1.807) is 0 Å². The van der Waals surface area contributed by atoms with Crippen molar-refractivity contribution in [2.75, 3.05) is 9.80 Å². The van der Waals surface area contributed by atoms with Gasteiger partial charge in [0.05, 0.1) is 11.1 Å². The summed E-state index contributed by atoms with van der Waals surface area (Å²) >= 11 is 0. The van der Waals surface area contributed by atoms with Crippen molar-refractivity contribution in [3.8, 4) is 11.1 Å². The first-order valence-electron chi connectivity index (χ1n) is 21.4. The summed E-state index contributed by atoms with van der Waals surface area (Å²) in [6.07, 6.45) is 6.13. The van der Waals surface area contributed by atoms with E-state index in [2.05, 4.69) is 200 Å². The maximum atomic E-state index is 2.63. The van der Waals surface area contributed by atoms with Gasteiger partial charge in [0, 0.05) is 28.2 Å². The van der Waals surface area contributed by atoms with E-state index in [0.29, 0.717) is 0 Å². The molecule has 2 heteroatoms. The summed E-state index contributed by atoms with van der Waals surface area (Å²) in [7, 11) is 0. The van der Waals surface area contributed by atoms with Crippen LogP contribution < -0.4 is 9.80 Å². The molecule has 0 fully saturated rings. The van der Waals surface area contributed by atoms with E-state index < -0.39 is 0 Å². The van der Waals surface area contributed by atoms with E-state index in [0.717, 1.165) is 38.5 Å². The number of anilines is 4. The second-order valence-electron chi connectivity index (χ2n) is 16.9. The molecule has 0 aliphatic heterocycles. The number of aryl methyl sites for hydroxylation is 4. The molecule has 6 aromatic rings. The molecule has 0 amide bonds. The lowest BCUT2D eigenvalue weighted by molar-refractivity contribution is 0.462. The van der Waals surface area contributed by atoms with Crippen molar-refractivity contribution in [2.24, 2.45) is 0 Å². The number of rotatable bonds is 13. The Morgan fingerprint density at radius 1 is 0.446 bits per heavy atom. The Labute approximate surface area is 337 Å². The van der Waals surface area contributed by atoms with Crippen LogP contribution in [0.5, 0.6) is 0 Å². The summed E-state index contributed by atoms with van der Waals surface area (Å²) in [5.74, 6) is 0. The third-order valence-corrected chi connectivity index (χ3v) is 13.8. The van der Waals surface area contributed by atoms with Gasteiger partial charge in [-0.25, -0.2) is 0 Å². The van der Waals surface area contributed by atoms with Crippen LogP contribution in [0.4, 0.5) is 22.7 Å². The first-order valence-corrected chi connectivity index (χ1v) is 21.4. The molecule has 8 rings (SSSR count). The third-order valence-electron chi connectivity index (χ3n) is 13.8. The molecule has 286 valence electrons. The first kappa shape index (κ1) is 37.8. The predicted octanol–water partition coefficient (Wildman–Crippen LogP) is 14.5. The first-order chi connectivity index (χ1) is 27.1. The van der Waals surface area contributed by atoms with Crippen LogP contribution in [0.1, 0.15) is 125 Å². The van der Waals surface area contributed by atoms with Gasteiger partial charge in [-0.3, -0.25) is 0 Å². The number of nitrogens with zero attached hydrogens (tertiary/aromatic N) is 2. The van der Waals surface area contributed by atoms with Gasteiger partial charge in [0.25, 0.3) is 0 Å². The van der Waals surface area contributed by atoms with Crippen LogP contribution in [-0.4, -0.2) is 0 Å². The number of benzene rings is 6. The van der Waals surface area contributed by atoms with E-state index in [1.165, 1.54) is 83.9 Å². The summed E-state index contributed by atoms with van der Waals surface area (Å²) in [6, 6.07) is 49.6. The lowest BCUT2D eigenvalue weighted by Gasteiger charge is -2.44. The molecule has 2 nitrogen and oxygen atoms in total. The van der Waals surface area contributed by atoms with Gasteiger partial charge >= 0.3 is 0 Å². The molecule has 0 N–H and O–H groups in total. The van der Waals surface area contributed by atoms with Crippen molar-refractivity contribution in [3.63, 3.8) is 0 Å². The molecule has 2 unspecified atom stereocenters. The van der Waals surface area contributed by atoms with E-state index in [4.69, 9.17) is 0 Å². The molecule has 0 aromatic heterocycles. The zero-order valence-corrected chi connectivity index (χ0v) is 35.3. The van der Waals surface area contributed by atoms with Crippen LogP contribution in [0, 0.1) is 0 Å². The van der Waals surface area contributed by atoms with Crippen molar-refractivity contribution in [1.29, 1.82) is 0 Å². The molecule has 0 radical (unpaired) electrons. The Balaban J connectivity index is 1.22. The lowest BCUT2D eigenvalue weighted by atomic mass is 9.79. The van der Waals surface area contributed by atoms with Gasteiger partial charge in [0.2, 0.25) is 0 Å². The van der Waals surface area contributed by atoms with Crippen LogP contribution in [0.25, 0.3) is 11.1 Å². The molecule has 0 bridgehead atoms. The Hall–Kier alpha value is -5.08. The second-order valence-corrected chi connectivity index (χ2v) is 16.9. The zero-order valence-electron chi connectivity index (χ0n) is 35.3. The molecule has 56 heavy (non-hydrogen) atoms. The predicted molar refractivity (Wildman–Crippen MR) is 240 cm³/mol. The van der Waals surface area contributed by atoms with Gasteiger partial charge in [-0.2, -0.15) is 0 Å². The monoisotopic (exact) mass is 736 g/mol. The van der Waals surface area contributed by atoms with Gasteiger partial charge < -0.3 is 9.80 Å². The molecule has 0 saturated heterocycles. The van der Waals surface area contributed by atoms with Gasteiger partial charge in [0.15, 0.2) is 0 Å². The van der Waals surface area contributed by atoms with Gasteiger partial charge in [-0.15, -0.1) is 0 Å². The van der Waals surface area contributed by atoms with Crippen LogP contribution >= 0.6 is 0 Å². The average Bonchev–Trinajstić information content (AvgIpc) is 3.83. The standard InChI is InChI=1S/C54H60N2/c1-10-37-16-25-42(26-17-37)55(43-27-18-38(11-2)19-28-43)53(9,14-5)41-24-33-46-47-35-50-51(36-49(47)52(7,8)48(46)34-41)54(50,15-6)56(44-29-20-39(12-3)21-30-44)45-31-22-40(13-4)23-32-45/h16-36H,10-15H2,1-9H3. The fraction of sp³-hybridized carbons (Fsp3) is 0.333. The Morgan fingerprint density at radius 2 is 0.857 bits per heavy atom. The average molecular weight is 737 g/mol. The molecule has 2 aliphatic rings. The fourth-order valence-corrected chi connectivity index (χ4v) is 9.81. The van der Waals surface area contributed by atoms with Gasteiger partial charge in [-0.05, 0) is 161 Å². The largest absolute Gasteiger partial charge is 0.331 e. The number of fused-ring (bicyclic) bond motifs is 4. The van der Waals surface area contributed by atoms with Crippen LogP contribution in [0.3, 0.4) is 0 Å². The van der Waals surface area contributed by atoms with Crippen LogP contribution in [-0.2, 0) is 42.2 Å². The maximum absolute atomic E-state index is 2.63. The van der Waals surface area contributed by atoms with E-state index >= 15 is 0 Å². The van der Waals surface area contributed by atoms with Gasteiger partial charge in [0.1, 0.15) is 0 Å². The van der Waals surface area contributed by atoms with E-state index in [-0.39, 0.29) is 16.5 Å². The SMILES string of the molecule is CCc1ccc(N(c2ccc(CC)cc2)C(C)(CC)c2ccc3c(c2)C(C)(C)c2cc4c(cc2-3)C4(CC)N(c2ccc(CC)cc2)c2ccc(CC)cc2)cc1. The highest BCUT2D eigenvalue weighted by Gasteiger charge is 2.56. The Bertz CT molecular complexity index is 2250. The summed E-state index contributed by atoms with van der Waals surface area (Å²) in [6.45, 7) is 21.0. The highest BCUT2D eigenvalue weighted by atomic mass is 15.2. The van der Waals surface area contributed by atoms with Crippen molar-refractivity contribution < 1.29 is 0 Å². The molecule has 2 aliphatic carbocycles. The molecule has 2 atom stereocenters. The highest BCUT2D eigenvalue weighted by molar-refractivity contribution is 5.88. The normalized spacial score (nSPS) is 17.1. The molecule has 6 aromatic carbocycles. The number of hydrogen-bond donors (Lipinski definition) is 0. The Kier molecular flexibility index (Phi) is 9.76. The maximum Gasteiger partial charge on any atom is 0.0960 e. The molecule has 0 spiro atoms. The smallest absolute Gasteiger partial charge is 0.0960 e. The lowest BCUT2D eigenvalue weighted by Crippen LogP contribution is -2.40. The minimum absolute atomic E-state index is 0.140. The number of hydrogen-bond acceptors (Lipinski definition) is 2. The topological polar surface area (TPSA) is 6.48 Å². The molecular formula is C54H60N2. The third kappa shape index (κ3) is 5.91. The van der Waals surface area contributed by atoms with Gasteiger partial charge in [-0.1, -0.05) is 128 Å².